The van der Waals surface area contributed by atoms with Crippen molar-refractivity contribution in [1.29, 1.82) is 0 Å². The Balaban J connectivity index is 1.70. The van der Waals surface area contributed by atoms with Gasteiger partial charge in [0.05, 0.1) is 21.9 Å². The Kier molecular flexibility index (Phi) is 7.69. The van der Waals surface area contributed by atoms with Crippen molar-refractivity contribution in [3.05, 3.63) is 28.0 Å². The Bertz CT molecular complexity index is 812. The van der Waals surface area contributed by atoms with Crippen molar-refractivity contribution in [1.82, 2.24) is 9.47 Å². The molecular weight excluding hydrogens is 498 g/mol. The Hall–Kier alpha value is -1.04. The minimum Gasteiger partial charge on any atom is -0.389 e. The summed E-state index contributed by atoms with van der Waals surface area (Å²) in [4.78, 5) is 2.24. The van der Waals surface area contributed by atoms with Crippen LogP contribution in [0.15, 0.2) is 24.3 Å². The molecule has 1 fully saturated rings. The maximum atomic E-state index is 13.0. The van der Waals surface area contributed by atoms with Crippen LogP contribution in [0.2, 0.25) is 0 Å². The molecule has 0 saturated carbocycles. The molecule has 0 radical (unpaired) electrons. The highest BCUT2D eigenvalue weighted by Crippen LogP contribution is 2.32. The molecule has 0 spiro atoms. The van der Waals surface area contributed by atoms with Crippen LogP contribution in [0.1, 0.15) is 19.3 Å². The zero-order chi connectivity index (χ0) is 21.0. The van der Waals surface area contributed by atoms with Gasteiger partial charge in [-0.1, -0.05) is 6.07 Å². The predicted octanol–water partition coefficient (Wildman–Crippen LogP) is 4.08. The first-order valence-corrected chi connectivity index (χ1v) is 10.8. The molecular formula is C20H27F3IN3O2. The molecule has 0 aliphatic carbocycles. The molecule has 2 heterocycles. The topological polar surface area (TPSA) is 49.7 Å². The minimum absolute atomic E-state index is 0.244. The van der Waals surface area contributed by atoms with E-state index in [9.17, 15) is 18.3 Å². The number of nitrogens with zero attached hydrogens (tertiary/aromatic N) is 2. The normalized spacial score (nSPS) is 20.0. The van der Waals surface area contributed by atoms with E-state index >= 15 is 0 Å². The van der Waals surface area contributed by atoms with Gasteiger partial charge in [0, 0.05) is 37.3 Å². The lowest BCUT2D eigenvalue weighted by molar-refractivity contribution is -0.140. The highest BCUT2D eigenvalue weighted by atomic mass is 127. The second kappa shape index (κ2) is 9.84. The number of rotatable bonds is 7. The van der Waals surface area contributed by atoms with Gasteiger partial charge >= 0.3 is 6.18 Å². The van der Waals surface area contributed by atoms with E-state index in [1.165, 1.54) is 4.57 Å². The largest absolute Gasteiger partial charge is 0.406 e. The summed E-state index contributed by atoms with van der Waals surface area (Å²) in [7, 11) is 1.58. The first-order chi connectivity index (χ1) is 13.8. The molecule has 162 valence electrons. The van der Waals surface area contributed by atoms with Gasteiger partial charge in [0.15, 0.2) is 0 Å². The quantitative estimate of drug-likeness (QED) is 0.536. The van der Waals surface area contributed by atoms with Crippen molar-refractivity contribution in [3.63, 3.8) is 0 Å². The molecule has 2 N–H and O–H groups in total. The number of nitrogens with one attached hydrogen (secondary N) is 1. The highest BCUT2D eigenvalue weighted by molar-refractivity contribution is 14.1. The molecule has 1 aliphatic heterocycles. The van der Waals surface area contributed by atoms with Gasteiger partial charge in [-0.05, 0) is 66.6 Å². The molecule has 1 aromatic carbocycles. The molecule has 2 atom stereocenters. The van der Waals surface area contributed by atoms with E-state index in [4.69, 9.17) is 4.74 Å². The van der Waals surface area contributed by atoms with Crippen LogP contribution in [0.5, 0.6) is 0 Å². The predicted molar refractivity (Wildman–Crippen MR) is 116 cm³/mol. The van der Waals surface area contributed by atoms with E-state index in [-0.39, 0.29) is 6.04 Å². The van der Waals surface area contributed by atoms with Crippen LogP contribution in [0.3, 0.4) is 0 Å². The number of alkyl halides is 3. The lowest BCUT2D eigenvalue weighted by atomic mass is 10.1. The Morgan fingerprint density at radius 3 is 2.83 bits per heavy atom. The van der Waals surface area contributed by atoms with Crippen LogP contribution >= 0.6 is 22.6 Å². The number of β-amino-alcohol motifs (C(OH)–C–C–N with tert-alkyl or cyclic N) is 1. The second-order valence-electron chi connectivity index (χ2n) is 7.59. The number of methoxy groups -OCH3 is 1. The molecule has 5 nitrogen and oxygen atoms in total. The Morgan fingerprint density at radius 1 is 1.31 bits per heavy atom. The number of aromatic nitrogens is 1. The summed E-state index contributed by atoms with van der Waals surface area (Å²) >= 11 is 1.96. The Morgan fingerprint density at radius 2 is 2.10 bits per heavy atom. The fourth-order valence-electron chi connectivity index (χ4n) is 3.96. The summed E-state index contributed by atoms with van der Waals surface area (Å²) in [5.41, 5.74) is 1.47. The average Bonchev–Trinajstić information content (AvgIpc) is 2.80. The van der Waals surface area contributed by atoms with Crippen LogP contribution in [0.25, 0.3) is 10.9 Å². The summed E-state index contributed by atoms with van der Waals surface area (Å²) in [6, 6.07) is 7.53. The lowest BCUT2D eigenvalue weighted by Crippen LogP contribution is -2.35. The molecule has 1 aliphatic rings. The number of hydrogen-bond donors (Lipinski definition) is 2. The number of likely N-dealkylation sites (tertiary alicyclic amines) is 1. The molecule has 2 aromatic rings. The molecule has 9 heteroatoms. The zero-order valence-electron chi connectivity index (χ0n) is 16.4. The summed E-state index contributed by atoms with van der Waals surface area (Å²) in [6.07, 6.45) is -1.86. The molecule has 29 heavy (non-hydrogen) atoms. The number of halogens is 4. The number of ether oxygens (including phenoxy) is 1. The SMILES string of the molecule is COCC(O)CN1CCCC(Nc2cccc3c2cc(I)n3CC(F)(F)F)CC1. The smallest absolute Gasteiger partial charge is 0.389 e. The zero-order valence-corrected chi connectivity index (χ0v) is 18.5. The monoisotopic (exact) mass is 525 g/mol. The van der Waals surface area contributed by atoms with Gasteiger partial charge in [-0.3, -0.25) is 0 Å². The number of fused-ring (bicyclic) bond motifs is 1. The average molecular weight is 525 g/mol. The fourth-order valence-corrected chi connectivity index (χ4v) is 4.71. The van der Waals surface area contributed by atoms with Gasteiger partial charge in [0.1, 0.15) is 6.54 Å². The molecule has 3 rings (SSSR count). The standard InChI is InChI=1S/C20H27F3IN3O2/c1-29-12-15(28)11-26-8-3-4-14(7-9-26)25-17-5-2-6-18-16(17)10-19(24)27(18)13-20(21,22)23/h2,5-6,10,14-15,25,28H,3-4,7-9,11-13H2,1H3. The summed E-state index contributed by atoms with van der Waals surface area (Å²) < 4.78 is 45.7. The van der Waals surface area contributed by atoms with Gasteiger partial charge in [0.25, 0.3) is 0 Å². The maximum Gasteiger partial charge on any atom is 0.406 e. The van der Waals surface area contributed by atoms with Crippen LogP contribution in [0, 0.1) is 3.70 Å². The van der Waals surface area contributed by atoms with Crippen molar-refractivity contribution >= 4 is 39.2 Å². The molecule has 1 saturated heterocycles. The van der Waals surface area contributed by atoms with E-state index in [0.717, 1.165) is 43.4 Å². The van der Waals surface area contributed by atoms with Crippen LogP contribution in [-0.2, 0) is 11.3 Å². The number of anilines is 1. The summed E-state index contributed by atoms with van der Waals surface area (Å²) in [5, 5.41) is 14.3. The number of hydrogen-bond acceptors (Lipinski definition) is 4. The number of benzene rings is 1. The molecule has 2 unspecified atom stereocenters. The summed E-state index contributed by atoms with van der Waals surface area (Å²) in [5.74, 6) is 0. The first kappa shape index (κ1) is 22.6. The van der Waals surface area contributed by atoms with E-state index in [2.05, 4.69) is 10.2 Å². The lowest BCUT2D eigenvalue weighted by Gasteiger charge is -2.23. The van der Waals surface area contributed by atoms with Crippen LogP contribution < -0.4 is 5.32 Å². The van der Waals surface area contributed by atoms with Crippen molar-refractivity contribution in [3.8, 4) is 0 Å². The van der Waals surface area contributed by atoms with Gasteiger partial charge in [-0.15, -0.1) is 0 Å². The highest BCUT2D eigenvalue weighted by Gasteiger charge is 2.30. The fraction of sp³-hybridized carbons (Fsp3) is 0.600. The van der Waals surface area contributed by atoms with Gasteiger partial charge in [0.2, 0.25) is 0 Å². The van der Waals surface area contributed by atoms with Crippen LogP contribution in [-0.4, -0.2) is 66.2 Å². The van der Waals surface area contributed by atoms with Gasteiger partial charge in [-0.2, -0.15) is 13.2 Å². The molecule has 1 aromatic heterocycles. The van der Waals surface area contributed by atoms with Crippen LogP contribution in [0.4, 0.5) is 18.9 Å². The second-order valence-corrected chi connectivity index (χ2v) is 8.69. The third-order valence-electron chi connectivity index (χ3n) is 5.24. The maximum absolute atomic E-state index is 13.0. The first-order valence-electron chi connectivity index (χ1n) is 9.77. The van der Waals surface area contributed by atoms with E-state index in [0.29, 0.717) is 22.4 Å². The summed E-state index contributed by atoms with van der Waals surface area (Å²) in [6.45, 7) is 1.72. The minimum atomic E-state index is -4.26. The van der Waals surface area contributed by atoms with Crippen molar-refractivity contribution in [2.75, 3.05) is 38.7 Å². The third kappa shape index (κ3) is 6.22. The third-order valence-corrected chi connectivity index (χ3v) is 6.13. The molecule has 0 amide bonds. The van der Waals surface area contributed by atoms with Gasteiger partial charge in [-0.25, -0.2) is 0 Å². The van der Waals surface area contributed by atoms with Crippen molar-refractivity contribution < 1.29 is 23.0 Å². The van der Waals surface area contributed by atoms with E-state index in [1.807, 2.05) is 34.7 Å². The van der Waals surface area contributed by atoms with Crippen molar-refractivity contribution in [2.45, 2.75) is 44.1 Å². The molecule has 0 bridgehead atoms. The van der Waals surface area contributed by atoms with Gasteiger partial charge < -0.3 is 24.6 Å². The number of aliphatic hydroxyl groups excluding tert-OH is 1. The van der Waals surface area contributed by atoms with E-state index < -0.39 is 18.8 Å². The van der Waals surface area contributed by atoms with E-state index in [1.54, 1.807) is 19.2 Å². The number of aliphatic hydroxyl groups is 1. The Labute approximate surface area is 182 Å². The van der Waals surface area contributed by atoms with Crippen molar-refractivity contribution in [2.24, 2.45) is 0 Å².